The lowest BCUT2D eigenvalue weighted by molar-refractivity contribution is -0.146. The number of ketones is 1. The van der Waals surface area contributed by atoms with E-state index in [2.05, 4.69) is 10.6 Å². The third-order valence-electron chi connectivity index (χ3n) is 3.95. The number of Topliss-reactive ketones (excluding diaryl/α,β-unsaturated/α-hetero) is 1. The Morgan fingerprint density at radius 1 is 0.933 bits per heavy atom. The number of carbonyl (C=O) groups is 4. The second-order valence-corrected chi connectivity index (χ2v) is 6.09. The summed E-state index contributed by atoms with van der Waals surface area (Å²) < 4.78 is 15.0. The van der Waals surface area contributed by atoms with Crippen molar-refractivity contribution in [2.45, 2.75) is 6.92 Å². The predicted molar refractivity (Wildman–Crippen MR) is 108 cm³/mol. The lowest BCUT2D eigenvalue weighted by Gasteiger charge is -2.10. The molecule has 2 rings (SSSR count). The first-order valence-corrected chi connectivity index (χ1v) is 8.90. The summed E-state index contributed by atoms with van der Waals surface area (Å²) in [5.41, 5.74) is 0.905. The maximum atomic E-state index is 12.2. The molecule has 0 unspecified atom stereocenters. The zero-order valence-corrected chi connectivity index (χ0v) is 16.8. The van der Waals surface area contributed by atoms with Gasteiger partial charge in [-0.2, -0.15) is 0 Å². The lowest BCUT2D eigenvalue weighted by Crippen LogP contribution is -2.32. The van der Waals surface area contributed by atoms with Crippen molar-refractivity contribution in [2.24, 2.45) is 0 Å². The fraction of sp³-hybridized carbons (Fsp3) is 0.238. The monoisotopic (exact) mass is 414 g/mol. The third-order valence-corrected chi connectivity index (χ3v) is 3.95. The van der Waals surface area contributed by atoms with Crippen LogP contribution in [0.3, 0.4) is 0 Å². The molecule has 0 aliphatic rings. The van der Waals surface area contributed by atoms with Crippen molar-refractivity contribution in [3.05, 3.63) is 53.6 Å². The Morgan fingerprint density at radius 2 is 1.57 bits per heavy atom. The lowest BCUT2D eigenvalue weighted by atomic mass is 10.1. The maximum absolute atomic E-state index is 12.2. The average Bonchev–Trinajstić information content (AvgIpc) is 2.75. The topological polar surface area (TPSA) is 120 Å². The Morgan fingerprint density at radius 3 is 2.17 bits per heavy atom. The molecule has 158 valence electrons. The van der Waals surface area contributed by atoms with E-state index in [1.165, 1.54) is 33.3 Å². The molecule has 9 nitrogen and oxygen atoms in total. The van der Waals surface area contributed by atoms with Crippen LogP contribution in [0.1, 0.15) is 27.6 Å². The molecule has 2 aromatic rings. The van der Waals surface area contributed by atoms with E-state index in [0.29, 0.717) is 22.7 Å². The van der Waals surface area contributed by atoms with E-state index in [0.717, 1.165) is 0 Å². The number of hydrogen-bond donors (Lipinski definition) is 2. The molecule has 0 saturated carbocycles. The van der Waals surface area contributed by atoms with Crippen LogP contribution in [0.5, 0.6) is 11.5 Å². The standard InChI is InChI=1S/C21H22N2O7/c1-13(24)17-6-4-5-7-18(17)23-19(25)12-30-20(26)11-22-21(27)14-8-15(28-2)10-16(9-14)29-3/h4-10H,11-12H2,1-3H3,(H,22,27)(H,23,25). The number of nitrogens with one attached hydrogen (secondary N) is 2. The number of methoxy groups -OCH3 is 2. The third kappa shape index (κ3) is 6.33. The van der Waals surface area contributed by atoms with Crippen molar-refractivity contribution < 1.29 is 33.4 Å². The van der Waals surface area contributed by atoms with Crippen LogP contribution in [0, 0.1) is 0 Å². The van der Waals surface area contributed by atoms with Gasteiger partial charge in [-0.05, 0) is 31.2 Å². The molecule has 2 N–H and O–H groups in total. The summed E-state index contributed by atoms with van der Waals surface area (Å²) in [6.07, 6.45) is 0. The first-order valence-electron chi connectivity index (χ1n) is 8.90. The van der Waals surface area contributed by atoms with Crippen molar-refractivity contribution in [2.75, 3.05) is 32.7 Å². The molecular weight excluding hydrogens is 392 g/mol. The minimum absolute atomic E-state index is 0.209. The van der Waals surface area contributed by atoms with Crippen molar-refractivity contribution >= 4 is 29.3 Å². The van der Waals surface area contributed by atoms with Gasteiger partial charge in [0.15, 0.2) is 12.4 Å². The second-order valence-electron chi connectivity index (χ2n) is 6.09. The van der Waals surface area contributed by atoms with Gasteiger partial charge in [0.2, 0.25) is 0 Å². The minimum atomic E-state index is -0.798. The number of ether oxygens (including phenoxy) is 3. The molecule has 0 fully saturated rings. The van der Waals surface area contributed by atoms with Crippen molar-refractivity contribution in [3.63, 3.8) is 0 Å². The van der Waals surface area contributed by atoms with Crippen molar-refractivity contribution in [3.8, 4) is 11.5 Å². The summed E-state index contributed by atoms with van der Waals surface area (Å²) >= 11 is 0. The van der Waals surface area contributed by atoms with Crippen LogP contribution >= 0.6 is 0 Å². The highest BCUT2D eigenvalue weighted by Crippen LogP contribution is 2.22. The highest BCUT2D eigenvalue weighted by molar-refractivity contribution is 6.04. The van der Waals surface area contributed by atoms with Crippen LogP contribution in [0.4, 0.5) is 5.69 Å². The number of rotatable bonds is 9. The van der Waals surface area contributed by atoms with Gasteiger partial charge >= 0.3 is 5.97 Å². The van der Waals surface area contributed by atoms with Crippen LogP contribution < -0.4 is 20.1 Å². The molecule has 0 spiro atoms. The van der Waals surface area contributed by atoms with Crippen LogP contribution in [-0.2, 0) is 14.3 Å². The number of benzene rings is 2. The Balaban J connectivity index is 1.84. The van der Waals surface area contributed by atoms with Crippen LogP contribution in [0.15, 0.2) is 42.5 Å². The Labute approximate surface area is 173 Å². The molecule has 2 aromatic carbocycles. The van der Waals surface area contributed by atoms with Gasteiger partial charge in [-0.1, -0.05) is 12.1 Å². The molecule has 0 radical (unpaired) electrons. The largest absolute Gasteiger partial charge is 0.497 e. The first kappa shape index (κ1) is 22.4. The normalized spacial score (nSPS) is 9.97. The first-order chi connectivity index (χ1) is 14.3. The van der Waals surface area contributed by atoms with Gasteiger partial charge in [0.05, 0.1) is 19.9 Å². The molecule has 0 aromatic heterocycles. The summed E-state index contributed by atoms with van der Waals surface area (Å²) in [4.78, 5) is 47.6. The number of anilines is 1. The molecule has 2 amide bonds. The highest BCUT2D eigenvalue weighted by Gasteiger charge is 2.14. The van der Waals surface area contributed by atoms with Gasteiger partial charge in [0.1, 0.15) is 18.0 Å². The SMILES string of the molecule is COc1cc(OC)cc(C(=O)NCC(=O)OCC(=O)Nc2ccccc2C(C)=O)c1. The molecular formula is C21H22N2O7. The van der Waals surface area contributed by atoms with Gasteiger partial charge in [0.25, 0.3) is 11.8 Å². The van der Waals surface area contributed by atoms with E-state index >= 15 is 0 Å². The fourth-order valence-corrected chi connectivity index (χ4v) is 2.48. The van der Waals surface area contributed by atoms with Crippen LogP contribution in [0.2, 0.25) is 0 Å². The highest BCUT2D eigenvalue weighted by atomic mass is 16.5. The van der Waals surface area contributed by atoms with E-state index in [4.69, 9.17) is 14.2 Å². The fourth-order valence-electron chi connectivity index (χ4n) is 2.48. The molecule has 0 aliphatic carbocycles. The summed E-state index contributed by atoms with van der Waals surface area (Å²) in [6.45, 7) is 0.384. The Hall–Kier alpha value is -3.88. The predicted octanol–water partition coefficient (Wildman–Crippen LogP) is 1.82. The van der Waals surface area contributed by atoms with E-state index < -0.39 is 30.9 Å². The second kappa shape index (κ2) is 10.6. The van der Waals surface area contributed by atoms with Gasteiger partial charge in [-0.25, -0.2) is 0 Å². The zero-order valence-electron chi connectivity index (χ0n) is 16.8. The summed E-state index contributed by atoms with van der Waals surface area (Å²) in [6, 6.07) is 11.1. The summed E-state index contributed by atoms with van der Waals surface area (Å²) in [7, 11) is 2.90. The maximum Gasteiger partial charge on any atom is 0.325 e. The molecule has 0 heterocycles. The van der Waals surface area contributed by atoms with Gasteiger partial charge in [-0.15, -0.1) is 0 Å². The van der Waals surface area contributed by atoms with Crippen molar-refractivity contribution in [1.29, 1.82) is 0 Å². The smallest absolute Gasteiger partial charge is 0.325 e. The summed E-state index contributed by atoms with van der Waals surface area (Å²) in [5.74, 6) is -1.31. The van der Waals surface area contributed by atoms with Gasteiger partial charge in [0, 0.05) is 17.2 Å². The summed E-state index contributed by atoms with van der Waals surface area (Å²) in [5, 5.41) is 4.91. The van der Waals surface area contributed by atoms with Gasteiger partial charge in [-0.3, -0.25) is 19.2 Å². The Bertz CT molecular complexity index is 934. The minimum Gasteiger partial charge on any atom is -0.497 e. The zero-order chi connectivity index (χ0) is 22.1. The number of amides is 2. The molecule has 0 saturated heterocycles. The van der Waals surface area contributed by atoms with Crippen LogP contribution in [0.25, 0.3) is 0 Å². The molecule has 30 heavy (non-hydrogen) atoms. The van der Waals surface area contributed by atoms with Gasteiger partial charge < -0.3 is 24.8 Å². The number of esters is 1. The van der Waals surface area contributed by atoms with E-state index in [1.807, 2.05) is 0 Å². The van der Waals surface area contributed by atoms with Crippen LogP contribution in [-0.4, -0.2) is 50.9 Å². The van der Waals surface area contributed by atoms with Crippen molar-refractivity contribution in [1.82, 2.24) is 5.32 Å². The van der Waals surface area contributed by atoms with E-state index in [1.54, 1.807) is 30.3 Å². The Kier molecular flexibility index (Phi) is 7.92. The molecule has 0 atom stereocenters. The molecule has 9 heteroatoms. The average molecular weight is 414 g/mol. The quantitative estimate of drug-likeness (QED) is 0.474. The number of para-hydroxylation sites is 1. The number of hydrogen-bond acceptors (Lipinski definition) is 7. The number of carbonyl (C=O) groups excluding carboxylic acids is 4. The molecule has 0 aliphatic heterocycles. The van der Waals surface area contributed by atoms with E-state index in [-0.39, 0.29) is 11.3 Å². The molecule has 0 bridgehead atoms. The van der Waals surface area contributed by atoms with E-state index in [9.17, 15) is 19.2 Å².